The van der Waals surface area contributed by atoms with Crippen molar-refractivity contribution in [3.05, 3.63) is 11.6 Å². The van der Waals surface area contributed by atoms with Crippen molar-refractivity contribution < 1.29 is 104 Å². The van der Waals surface area contributed by atoms with Gasteiger partial charge in [0.1, 0.15) is 85.0 Å². The van der Waals surface area contributed by atoms with Gasteiger partial charge in [-0.25, -0.2) is 0 Å². The first-order chi connectivity index (χ1) is 34.0. The molecule has 0 aromatic heterocycles. The molecule has 6 heterocycles. The fourth-order valence-corrected chi connectivity index (χ4v) is 15.4. The Morgan fingerprint density at radius 1 is 0.597 bits per heavy atom. The van der Waals surface area contributed by atoms with Crippen LogP contribution in [0.25, 0.3) is 0 Å². The quantitative estimate of drug-likeness (QED) is 0.126. The highest BCUT2D eigenvalue weighted by molar-refractivity contribution is 5.29. The van der Waals surface area contributed by atoms with Crippen LogP contribution in [-0.2, 0) is 47.4 Å². The maximum absolute atomic E-state index is 12.9. The Kier molecular flexibility index (Phi) is 15.1. The second-order valence-corrected chi connectivity index (χ2v) is 23.9. The molecule has 3 saturated carbocycles. The van der Waals surface area contributed by atoms with Crippen LogP contribution in [0.4, 0.5) is 0 Å². The summed E-state index contributed by atoms with van der Waals surface area (Å²) in [6.07, 6.45) is -21.2. The van der Waals surface area contributed by atoms with Crippen LogP contribution in [0.3, 0.4) is 0 Å². The molecule has 11 N–H and O–H groups in total. The van der Waals surface area contributed by atoms with E-state index in [4.69, 9.17) is 47.4 Å². The van der Waals surface area contributed by atoms with Crippen molar-refractivity contribution in [2.45, 2.75) is 253 Å². The average molecular weight is 1030 g/mol. The summed E-state index contributed by atoms with van der Waals surface area (Å²) >= 11 is 0. The highest BCUT2D eigenvalue weighted by Crippen LogP contribution is 2.72. The monoisotopic (exact) mass is 1030 g/mol. The lowest BCUT2D eigenvalue weighted by Crippen LogP contribution is -2.67. The van der Waals surface area contributed by atoms with Crippen LogP contribution in [0, 0.1) is 40.4 Å². The molecule has 0 aromatic rings. The summed E-state index contributed by atoms with van der Waals surface area (Å²) in [5.41, 5.74) is -0.230. The van der Waals surface area contributed by atoms with E-state index in [2.05, 4.69) is 33.8 Å². The molecule has 0 amide bonds. The SMILES string of the molecule is C[C@@H]1CC[C@@]2(OC1)O[C@H]1C[C@H]3[C@@H]4CC=C5C[C@@H](O[C@@H]6O[C@H](CO)[C@@H](O[C@@H]7O[C@@H](C)[C@H](O[C@@H]8O[C@@H](C)[C@H](O)[C@@H](O)[C@H]8O)[C@@H](O)[C@H]7O)[C@H](O)[C@H]6O[C@@H]6O[C@@H](C)[C@H](O)[C@@H](O)[C@H]6O)CC[C@]5(C)[C@H]4CC[C@]3(C)[C@@]1(O)[C@@H]2C. The number of allylic oxidation sites excluding steroid dienone is 1. The van der Waals surface area contributed by atoms with E-state index in [0.717, 1.165) is 44.9 Å². The fraction of sp³-hybridized carbons (Fsp3) is 0.961. The Bertz CT molecular complexity index is 1940. The maximum atomic E-state index is 12.9. The Morgan fingerprint density at radius 2 is 1.19 bits per heavy atom. The zero-order valence-corrected chi connectivity index (χ0v) is 42.4. The van der Waals surface area contributed by atoms with Gasteiger partial charge >= 0.3 is 0 Å². The number of aliphatic hydroxyl groups excluding tert-OH is 10. The molecule has 412 valence electrons. The normalized spacial score (nSPS) is 58.8. The summed E-state index contributed by atoms with van der Waals surface area (Å²) in [5, 5.41) is 122. The molecule has 0 aromatic carbocycles. The summed E-state index contributed by atoms with van der Waals surface area (Å²) < 4.78 is 61.9. The van der Waals surface area contributed by atoms with Crippen LogP contribution in [0.15, 0.2) is 11.6 Å². The van der Waals surface area contributed by atoms with Crippen molar-refractivity contribution in [2.24, 2.45) is 40.4 Å². The molecule has 0 radical (unpaired) electrons. The lowest BCUT2D eigenvalue weighted by molar-refractivity contribution is -0.394. The number of aliphatic hydroxyl groups is 11. The molecule has 0 unspecified atom stereocenters. The van der Waals surface area contributed by atoms with E-state index in [9.17, 15) is 56.2 Å². The van der Waals surface area contributed by atoms with E-state index in [-0.39, 0.29) is 28.8 Å². The highest BCUT2D eigenvalue weighted by atomic mass is 16.8. The summed E-state index contributed by atoms with van der Waals surface area (Å²) in [7, 11) is 0. The highest BCUT2D eigenvalue weighted by Gasteiger charge is 2.76. The van der Waals surface area contributed by atoms with E-state index in [1.165, 1.54) is 26.3 Å². The third-order valence-corrected chi connectivity index (χ3v) is 20.0. The van der Waals surface area contributed by atoms with Gasteiger partial charge in [0.2, 0.25) is 0 Å². The van der Waals surface area contributed by atoms with Crippen LogP contribution in [0.1, 0.15) is 106 Å². The van der Waals surface area contributed by atoms with Gasteiger partial charge in [0.15, 0.2) is 30.9 Å². The maximum Gasteiger partial charge on any atom is 0.187 e. The molecule has 10 aliphatic rings. The molecule has 1 spiro atoms. The number of hydrogen-bond donors (Lipinski definition) is 11. The van der Waals surface area contributed by atoms with Gasteiger partial charge in [-0.3, -0.25) is 0 Å². The van der Waals surface area contributed by atoms with Crippen LogP contribution in [0.2, 0.25) is 0 Å². The molecule has 21 nitrogen and oxygen atoms in total. The summed E-state index contributed by atoms with van der Waals surface area (Å²) in [6, 6.07) is 0. The third kappa shape index (κ3) is 8.63. The summed E-state index contributed by atoms with van der Waals surface area (Å²) in [6.45, 7) is 13.3. The minimum Gasteiger partial charge on any atom is -0.394 e. The second-order valence-electron chi connectivity index (χ2n) is 23.9. The molecule has 6 aliphatic heterocycles. The Labute approximate surface area is 420 Å². The Hall–Kier alpha value is -1.10. The van der Waals surface area contributed by atoms with E-state index < -0.39 is 147 Å². The van der Waals surface area contributed by atoms with Gasteiger partial charge < -0.3 is 104 Å². The molecule has 6 saturated heterocycles. The van der Waals surface area contributed by atoms with Crippen LogP contribution >= 0.6 is 0 Å². The standard InChI is InChI=1S/C51H82O21/c1-20-10-15-50(63-19-20)24(5)51(62)31(72-50)17-29-27-9-8-25-16-26(11-13-48(25,6)28(27)12-14-49(29,51)7)67-47-43(71-45-38(59)35(56)33(54)22(3)65-45)40(61)42(30(18-52)68-47)70-46-39(60)36(57)41(23(4)66-46)69-44-37(58)34(55)32(53)21(2)64-44/h8,20-24,26-47,52-62H,9-19H2,1-7H3/t20-,21+,22+,23+,24-,26+,27-,28+,29+,30-,31+,32+,33+,34-,35-,36+,37-,38-,39-,40+,41+,42-,43-,44+,45+,46+,47-,48+,49+,50-,51-/m1/s1. The zero-order valence-electron chi connectivity index (χ0n) is 42.4. The topological polar surface area (TPSA) is 315 Å². The van der Waals surface area contributed by atoms with E-state index in [1.54, 1.807) is 0 Å². The van der Waals surface area contributed by atoms with Gasteiger partial charge in [-0.15, -0.1) is 0 Å². The van der Waals surface area contributed by atoms with E-state index in [1.807, 2.05) is 0 Å². The fourth-order valence-electron chi connectivity index (χ4n) is 15.4. The number of ether oxygens (including phenoxy) is 10. The van der Waals surface area contributed by atoms with Crippen molar-refractivity contribution in [3.63, 3.8) is 0 Å². The summed E-state index contributed by atoms with van der Waals surface area (Å²) in [4.78, 5) is 0. The number of hydrogen-bond acceptors (Lipinski definition) is 21. The van der Waals surface area contributed by atoms with Crippen LogP contribution < -0.4 is 0 Å². The molecule has 4 aliphatic carbocycles. The van der Waals surface area contributed by atoms with E-state index in [0.29, 0.717) is 37.2 Å². The van der Waals surface area contributed by atoms with Crippen LogP contribution in [-0.4, -0.2) is 216 Å². The average Bonchev–Trinajstić information content (AvgIpc) is 3.71. The minimum atomic E-state index is -1.86. The molecule has 0 bridgehead atoms. The lowest BCUT2D eigenvalue weighted by Gasteiger charge is -2.60. The number of fused-ring (bicyclic) bond motifs is 7. The molecular formula is C51H82O21. The summed E-state index contributed by atoms with van der Waals surface area (Å²) in [5.74, 6) is 0.531. The predicted molar refractivity (Wildman–Crippen MR) is 245 cm³/mol. The first-order valence-corrected chi connectivity index (χ1v) is 26.7. The predicted octanol–water partition coefficient (Wildman–Crippen LogP) is -0.792. The Morgan fingerprint density at radius 3 is 1.81 bits per heavy atom. The van der Waals surface area contributed by atoms with Gasteiger partial charge in [0.25, 0.3) is 0 Å². The molecule has 9 fully saturated rings. The van der Waals surface area contributed by atoms with Crippen molar-refractivity contribution >= 4 is 0 Å². The first-order valence-electron chi connectivity index (χ1n) is 26.7. The third-order valence-electron chi connectivity index (χ3n) is 20.0. The molecular weight excluding hydrogens is 949 g/mol. The molecule has 21 heteroatoms. The second kappa shape index (κ2) is 20.0. The van der Waals surface area contributed by atoms with Crippen molar-refractivity contribution in [3.8, 4) is 0 Å². The smallest absolute Gasteiger partial charge is 0.187 e. The largest absolute Gasteiger partial charge is 0.394 e. The van der Waals surface area contributed by atoms with Crippen molar-refractivity contribution in [1.82, 2.24) is 0 Å². The van der Waals surface area contributed by atoms with Crippen molar-refractivity contribution in [1.29, 1.82) is 0 Å². The minimum absolute atomic E-state index is 0.151. The van der Waals surface area contributed by atoms with Gasteiger partial charge in [-0.1, -0.05) is 39.3 Å². The van der Waals surface area contributed by atoms with Gasteiger partial charge in [0.05, 0.1) is 43.7 Å². The number of rotatable bonds is 9. The first kappa shape index (κ1) is 54.3. The van der Waals surface area contributed by atoms with Crippen LogP contribution in [0.5, 0.6) is 0 Å². The van der Waals surface area contributed by atoms with Gasteiger partial charge in [-0.05, 0) is 101 Å². The van der Waals surface area contributed by atoms with Gasteiger partial charge in [-0.2, -0.15) is 0 Å². The zero-order chi connectivity index (χ0) is 51.7. The van der Waals surface area contributed by atoms with Crippen molar-refractivity contribution in [2.75, 3.05) is 13.2 Å². The lowest BCUT2D eigenvalue weighted by atomic mass is 9.46. The van der Waals surface area contributed by atoms with E-state index >= 15 is 0 Å². The molecule has 10 rings (SSSR count). The van der Waals surface area contributed by atoms with Gasteiger partial charge in [0, 0.05) is 17.8 Å². The molecule has 72 heavy (non-hydrogen) atoms. The molecule has 31 atom stereocenters. The Balaban J connectivity index is 0.842.